The van der Waals surface area contributed by atoms with Gasteiger partial charge in [0.15, 0.2) is 9.84 Å². The number of rotatable bonds is 1. The molecule has 0 N–H and O–H groups in total. The second kappa shape index (κ2) is 5.14. The van der Waals surface area contributed by atoms with E-state index < -0.39 is 38.1 Å². The van der Waals surface area contributed by atoms with Crippen molar-refractivity contribution in [3.8, 4) is 0 Å². The Morgan fingerprint density at radius 3 is 2.50 bits per heavy atom. The summed E-state index contributed by atoms with van der Waals surface area (Å²) in [7, 11) is -2.73. The van der Waals surface area contributed by atoms with Crippen LogP contribution in [-0.4, -0.2) is 33.0 Å². The number of likely N-dealkylation sites (N-methyl/N-ethyl adjacent to an activating group) is 1. The maximum atomic E-state index is 14.1. The minimum absolute atomic E-state index is 0.0395. The zero-order chi connectivity index (χ0) is 18.9. The number of sulfone groups is 1. The Hall–Kier alpha value is -2.74. The van der Waals surface area contributed by atoms with Crippen LogP contribution in [0.5, 0.6) is 0 Å². The molecule has 1 atom stereocenters. The topological polar surface area (TPSA) is 74.8 Å². The van der Waals surface area contributed by atoms with E-state index in [1.807, 2.05) is 0 Å². The largest absolute Gasteiger partial charge is 0.312 e. The Kier molecular flexibility index (Phi) is 3.30. The average molecular weight is 374 g/mol. The number of amides is 2. The second-order valence-electron chi connectivity index (χ2n) is 6.45. The Labute approximate surface area is 149 Å². The molecule has 134 valence electrons. The van der Waals surface area contributed by atoms with Crippen molar-refractivity contribution in [1.29, 1.82) is 0 Å². The fourth-order valence-corrected chi connectivity index (χ4v) is 5.77. The van der Waals surface area contributed by atoms with Crippen LogP contribution in [-0.2, 0) is 24.3 Å². The van der Waals surface area contributed by atoms with Crippen molar-refractivity contribution in [3.05, 3.63) is 59.4 Å². The predicted octanol–water partition coefficient (Wildman–Crippen LogP) is 1.72. The van der Waals surface area contributed by atoms with Gasteiger partial charge in [-0.2, -0.15) is 0 Å². The third-order valence-corrected chi connectivity index (χ3v) is 7.07. The van der Waals surface area contributed by atoms with Crippen molar-refractivity contribution in [1.82, 2.24) is 0 Å². The van der Waals surface area contributed by atoms with Gasteiger partial charge in [-0.25, -0.2) is 12.8 Å². The molecule has 2 aromatic rings. The molecule has 4 rings (SSSR count). The molecule has 0 aromatic heterocycles. The van der Waals surface area contributed by atoms with Crippen LogP contribution in [0, 0.1) is 12.7 Å². The van der Waals surface area contributed by atoms with E-state index in [1.54, 1.807) is 25.1 Å². The third kappa shape index (κ3) is 1.82. The first kappa shape index (κ1) is 16.7. The van der Waals surface area contributed by atoms with E-state index in [4.69, 9.17) is 0 Å². The quantitative estimate of drug-likeness (QED) is 0.762. The molecule has 1 spiro atoms. The highest BCUT2D eigenvalue weighted by atomic mass is 32.2. The molecule has 0 saturated carbocycles. The predicted molar refractivity (Wildman–Crippen MR) is 93.9 cm³/mol. The van der Waals surface area contributed by atoms with Crippen molar-refractivity contribution in [3.63, 3.8) is 0 Å². The number of nitrogens with zero attached hydrogens (tertiary/aromatic N) is 2. The first-order valence-corrected chi connectivity index (χ1v) is 9.56. The highest BCUT2D eigenvalue weighted by Gasteiger charge is 2.69. The Morgan fingerprint density at radius 1 is 1.12 bits per heavy atom. The average Bonchev–Trinajstić information content (AvgIpc) is 2.94. The molecule has 0 aliphatic carbocycles. The van der Waals surface area contributed by atoms with Crippen molar-refractivity contribution >= 4 is 33.0 Å². The first-order valence-electron chi connectivity index (χ1n) is 7.91. The molecule has 1 saturated heterocycles. The maximum absolute atomic E-state index is 14.1. The summed E-state index contributed by atoms with van der Waals surface area (Å²) in [4.78, 5) is 25.8. The van der Waals surface area contributed by atoms with Crippen LogP contribution in [0.1, 0.15) is 11.1 Å². The van der Waals surface area contributed by atoms with Crippen LogP contribution in [0.2, 0.25) is 0 Å². The standard InChI is InChI=1S/C18H15FN2O4S/c1-11-7-8-12(9-14(11)19)21-16(22)10-26(24,25)18(21)13-5-3-4-6-15(13)20(2)17(18)23/h3-9H,10H2,1-2H3. The lowest BCUT2D eigenvalue weighted by atomic mass is 10.0. The summed E-state index contributed by atoms with van der Waals surface area (Å²) < 4.78 is 40.2. The van der Waals surface area contributed by atoms with Crippen LogP contribution in [0.15, 0.2) is 42.5 Å². The van der Waals surface area contributed by atoms with E-state index in [0.29, 0.717) is 11.3 Å². The van der Waals surface area contributed by atoms with E-state index in [-0.39, 0.29) is 11.3 Å². The van der Waals surface area contributed by atoms with E-state index in [0.717, 1.165) is 11.0 Å². The van der Waals surface area contributed by atoms with Gasteiger partial charge < -0.3 is 4.90 Å². The van der Waals surface area contributed by atoms with E-state index in [2.05, 4.69) is 0 Å². The Bertz CT molecular complexity index is 1080. The molecule has 2 aliphatic rings. The Morgan fingerprint density at radius 2 is 1.81 bits per heavy atom. The van der Waals surface area contributed by atoms with Gasteiger partial charge in [0, 0.05) is 18.3 Å². The van der Waals surface area contributed by atoms with Crippen molar-refractivity contribution in [2.75, 3.05) is 22.6 Å². The summed E-state index contributed by atoms with van der Waals surface area (Å²) in [5.41, 5.74) is 1.01. The van der Waals surface area contributed by atoms with Gasteiger partial charge in [0.2, 0.25) is 5.91 Å². The molecule has 1 fully saturated rings. The van der Waals surface area contributed by atoms with Crippen LogP contribution < -0.4 is 9.80 Å². The first-order chi connectivity index (χ1) is 12.2. The van der Waals surface area contributed by atoms with Crippen LogP contribution in [0.25, 0.3) is 0 Å². The minimum Gasteiger partial charge on any atom is -0.312 e. The number of para-hydroxylation sites is 1. The lowest BCUT2D eigenvalue weighted by Crippen LogP contribution is -2.53. The number of fused-ring (bicyclic) bond motifs is 2. The lowest BCUT2D eigenvalue weighted by Gasteiger charge is -2.32. The fraction of sp³-hybridized carbons (Fsp3) is 0.222. The van der Waals surface area contributed by atoms with Crippen molar-refractivity contribution in [2.45, 2.75) is 11.8 Å². The number of benzene rings is 2. The van der Waals surface area contributed by atoms with Gasteiger partial charge >= 0.3 is 0 Å². The lowest BCUT2D eigenvalue weighted by molar-refractivity contribution is -0.123. The molecule has 0 radical (unpaired) electrons. The molecular weight excluding hydrogens is 359 g/mol. The zero-order valence-corrected chi connectivity index (χ0v) is 14.9. The number of carbonyl (C=O) groups excluding carboxylic acids is 2. The molecule has 2 aliphatic heterocycles. The number of hydrogen-bond donors (Lipinski definition) is 0. The summed E-state index contributed by atoms with van der Waals surface area (Å²) >= 11 is 0. The summed E-state index contributed by atoms with van der Waals surface area (Å²) in [6.45, 7) is 1.56. The van der Waals surface area contributed by atoms with Gasteiger partial charge in [0.25, 0.3) is 10.8 Å². The van der Waals surface area contributed by atoms with Gasteiger partial charge in [-0.05, 0) is 30.7 Å². The van der Waals surface area contributed by atoms with Crippen molar-refractivity contribution in [2.24, 2.45) is 0 Å². The molecule has 2 aromatic carbocycles. The van der Waals surface area contributed by atoms with Gasteiger partial charge in [-0.3, -0.25) is 14.5 Å². The highest BCUT2D eigenvalue weighted by molar-refractivity contribution is 7.94. The van der Waals surface area contributed by atoms with Gasteiger partial charge in [0.1, 0.15) is 11.6 Å². The minimum atomic E-state index is -4.19. The Balaban J connectivity index is 2.08. The molecule has 26 heavy (non-hydrogen) atoms. The van der Waals surface area contributed by atoms with E-state index in [1.165, 1.54) is 30.1 Å². The van der Waals surface area contributed by atoms with Crippen LogP contribution in [0.3, 0.4) is 0 Å². The van der Waals surface area contributed by atoms with Crippen molar-refractivity contribution < 1.29 is 22.4 Å². The van der Waals surface area contributed by atoms with Gasteiger partial charge in [-0.15, -0.1) is 0 Å². The van der Waals surface area contributed by atoms with E-state index >= 15 is 0 Å². The summed E-state index contributed by atoms with van der Waals surface area (Å²) in [5, 5.41) is 0. The molecule has 8 heteroatoms. The maximum Gasteiger partial charge on any atom is 0.273 e. The smallest absolute Gasteiger partial charge is 0.273 e. The third-order valence-electron chi connectivity index (χ3n) is 4.97. The van der Waals surface area contributed by atoms with Crippen LogP contribution in [0.4, 0.5) is 15.8 Å². The highest BCUT2D eigenvalue weighted by Crippen LogP contribution is 2.51. The molecule has 0 bridgehead atoms. The summed E-state index contributed by atoms with van der Waals surface area (Å²) in [6, 6.07) is 10.4. The monoisotopic (exact) mass is 374 g/mol. The van der Waals surface area contributed by atoms with Gasteiger partial charge in [0.05, 0.1) is 5.69 Å². The molecule has 2 heterocycles. The molecular formula is C18H15FN2O4S. The normalized spacial score (nSPS) is 23.8. The SMILES string of the molecule is Cc1ccc(N2C(=O)CS(=O)(=O)C23C(=O)N(C)c2ccccc23)cc1F. The number of hydrogen-bond acceptors (Lipinski definition) is 4. The number of halogens is 1. The number of anilines is 2. The zero-order valence-electron chi connectivity index (χ0n) is 14.1. The number of aryl methyl sites for hydroxylation is 1. The summed E-state index contributed by atoms with van der Waals surface area (Å²) in [6.07, 6.45) is 0. The summed E-state index contributed by atoms with van der Waals surface area (Å²) in [5.74, 6) is -2.89. The molecule has 1 unspecified atom stereocenters. The van der Waals surface area contributed by atoms with Crippen LogP contribution >= 0.6 is 0 Å². The fourth-order valence-electron chi connectivity index (χ4n) is 3.71. The number of carbonyl (C=O) groups is 2. The molecule has 6 nitrogen and oxygen atoms in total. The van der Waals surface area contributed by atoms with E-state index in [9.17, 15) is 22.4 Å². The molecule has 2 amide bonds. The second-order valence-corrected chi connectivity index (χ2v) is 8.56. The van der Waals surface area contributed by atoms with Gasteiger partial charge in [-0.1, -0.05) is 24.3 Å².